The predicted octanol–water partition coefficient (Wildman–Crippen LogP) is 3.27. The Balaban J connectivity index is 1.81. The summed E-state index contributed by atoms with van der Waals surface area (Å²) < 4.78 is 6.42. The minimum atomic E-state index is -0.281. The van der Waals surface area contributed by atoms with Gasteiger partial charge in [0.25, 0.3) is 0 Å². The van der Waals surface area contributed by atoms with Crippen LogP contribution in [-0.4, -0.2) is 17.5 Å². The van der Waals surface area contributed by atoms with Gasteiger partial charge in [-0.15, -0.1) is 0 Å². The molecule has 1 atom stereocenters. The summed E-state index contributed by atoms with van der Waals surface area (Å²) in [5, 5.41) is 2.87. The Morgan fingerprint density at radius 1 is 1.45 bits per heavy atom. The first-order chi connectivity index (χ1) is 9.65. The van der Waals surface area contributed by atoms with Gasteiger partial charge in [0.05, 0.1) is 0 Å². The van der Waals surface area contributed by atoms with Crippen LogP contribution in [0.3, 0.4) is 0 Å². The molecule has 0 radical (unpaired) electrons. The number of carbonyl (C=O) groups is 1. The Morgan fingerprint density at radius 2 is 2.25 bits per heavy atom. The second-order valence-corrected chi connectivity index (χ2v) is 5.63. The number of aromatic nitrogens is 1. The number of ether oxygens (including phenoxy) is 1. The van der Waals surface area contributed by atoms with E-state index in [4.69, 9.17) is 4.74 Å². The molecule has 0 aliphatic carbocycles. The maximum absolute atomic E-state index is 12.4. The standard InChI is InChI=1S/C15H13BrN2O2/c1-9-6-10(16)7-17-14(9)18-15(19)12-8-20-13-5-3-2-4-11(12)13/h2-7,12H,8H2,1H3,(H,17,18,19). The summed E-state index contributed by atoms with van der Waals surface area (Å²) in [6, 6.07) is 9.54. The van der Waals surface area contributed by atoms with Gasteiger partial charge in [0.15, 0.2) is 0 Å². The van der Waals surface area contributed by atoms with E-state index < -0.39 is 0 Å². The van der Waals surface area contributed by atoms with Crippen LogP contribution in [-0.2, 0) is 4.79 Å². The lowest BCUT2D eigenvalue weighted by Gasteiger charge is -2.11. The molecule has 1 aliphatic heterocycles. The van der Waals surface area contributed by atoms with E-state index in [0.29, 0.717) is 12.4 Å². The van der Waals surface area contributed by atoms with E-state index in [-0.39, 0.29) is 11.8 Å². The maximum Gasteiger partial charge on any atom is 0.236 e. The van der Waals surface area contributed by atoms with Crippen LogP contribution in [0.2, 0.25) is 0 Å². The van der Waals surface area contributed by atoms with E-state index in [9.17, 15) is 4.79 Å². The normalized spacial score (nSPS) is 16.4. The number of hydrogen-bond acceptors (Lipinski definition) is 3. The van der Waals surface area contributed by atoms with Crippen LogP contribution in [0.4, 0.5) is 5.82 Å². The van der Waals surface area contributed by atoms with Crippen molar-refractivity contribution in [1.29, 1.82) is 0 Å². The van der Waals surface area contributed by atoms with Gasteiger partial charge in [-0.25, -0.2) is 4.98 Å². The molecule has 1 unspecified atom stereocenters. The Labute approximate surface area is 125 Å². The smallest absolute Gasteiger partial charge is 0.236 e. The van der Waals surface area contributed by atoms with Crippen molar-refractivity contribution < 1.29 is 9.53 Å². The van der Waals surface area contributed by atoms with Crippen molar-refractivity contribution >= 4 is 27.7 Å². The maximum atomic E-state index is 12.4. The van der Waals surface area contributed by atoms with Crippen LogP contribution in [0.1, 0.15) is 17.0 Å². The van der Waals surface area contributed by atoms with E-state index in [0.717, 1.165) is 21.3 Å². The summed E-state index contributed by atoms with van der Waals surface area (Å²) >= 11 is 3.35. The molecule has 1 aromatic carbocycles. The minimum Gasteiger partial charge on any atom is -0.492 e. The Bertz CT molecular complexity index is 673. The Hall–Kier alpha value is -1.88. The minimum absolute atomic E-state index is 0.0899. The molecule has 0 fully saturated rings. The van der Waals surface area contributed by atoms with Gasteiger partial charge in [0.2, 0.25) is 5.91 Å². The molecule has 0 bridgehead atoms. The van der Waals surface area contributed by atoms with Gasteiger partial charge in [-0.05, 0) is 40.5 Å². The summed E-state index contributed by atoms with van der Waals surface area (Å²) in [7, 11) is 0. The third-order valence-electron chi connectivity index (χ3n) is 3.30. The molecule has 2 aromatic rings. The average Bonchev–Trinajstić information content (AvgIpc) is 2.86. The third kappa shape index (κ3) is 2.41. The van der Waals surface area contributed by atoms with E-state index in [1.54, 1.807) is 6.20 Å². The van der Waals surface area contributed by atoms with Crippen molar-refractivity contribution in [3.63, 3.8) is 0 Å². The molecular formula is C15H13BrN2O2. The fraction of sp³-hybridized carbons (Fsp3) is 0.200. The highest BCUT2D eigenvalue weighted by Crippen LogP contribution is 2.34. The molecule has 20 heavy (non-hydrogen) atoms. The van der Waals surface area contributed by atoms with Crippen LogP contribution < -0.4 is 10.1 Å². The summed E-state index contributed by atoms with van der Waals surface area (Å²) in [4.78, 5) is 16.6. The molecule has 0 saturated heterocycles. The quantitative estimate of drug-likeness (QED) is 0.918. The van der Waals surface area contributed by atoms with E-state index in [2.05, 4.69) is 26.2 Å². The van der Waals surface area contributed by atoms with Crippen molar-refractivity contribution in [2.75, 3.05) is 11.9 Å². The van der Waals surface area contributed by atoms with Gasteiger partial charge in [-0.1, -0.05) is 18.2 Å². The van der Waals surface area contributed by atoms with Crippen molar-refractivity contribution in [2.24, 2.45) is 0 Å². The number of aryl methyl sites for hydroxylation is 1. The highest BCUT2D eigenvalue weighted by atomic mass is 79.9. The number of halogens is 1. The first-order valence-corrected chi connectivity index (χ1v) is 7.09. The molecule has 5 heteroatoms. The molecule has 1 aliphatic rings. The van der Waals surface area contributed by atoms with Gasteiger partial charge in [0, 0.05) is 16.2 Å². The summed E-state index contributed by atoms with van der Waals surface area (Å²) in [5.41, 5.74) is 1.85. The second-order valence-electron chi connectivity index (χ2n) is 4.71. The van der Waals surface area contributed by atoms with Gasteiger partial charge in [-0.3, -0.25) is 4.79 Å². The molecule has 0 spiro atoms. The zero-order chi connectivity index (χ0) is 14.1. The highest BCUT2D eigenvalue weighted by molar-refractivity contribution is 9.10. The molecule has 0 saturated carbocycles. The highest BCUT2D eigenvalue weighted by Gasteiger charge is 2.30. The molecule has 4 nitrogen and oxygen atoms in total. The van der Waals surface area contributed by atoms with Crippen molar-refractivity contribution in [3.05, 3.63) is 52.1 Å². The number of anilines is 1. The predicted molar refractivity (Wildman–Crippen MR) is 80.0 cm³/mol. The van der Waals surface area contributed by atoms with E-state index in [1.165, 1.54) is 0 Å². The number of nitrogens with zero attached hydrogens (tertiary/aromatic N) is 1. The number of nitrogens with one attached hydrogen (secondary N) is 1. The molecule has 1 N–H and O–H groups in total. The van der Waals surface area contributed by atoms with Crippen LogP contribution in [0.5, 0.6) is 5.75 Å². The molecule has 3 rings (SSSR count). The third-order valence-corrected chi connectivity index (χ3v) is 3.74. The van der Waals surface area contributed by atoms with Crippen LogP contribution in [0, 0.1) is 6.92 Å². The topological polar surface area (TPSA) is 51.2 Å². The fourth-order valence-corrected chi connectivity index (χ4v) is 2.70. The molecular weight excluding hydrogens is 320 g/mol. The van der Waals surface area contributed by atoms with Crippen LogP contribution in [0.15, 0.2) is 41.0 Å². The second kappa shape index (κ2) is 5.25. The monoisotopic (exact) mass is 332 g/mol. The number of amides is 1. The number of rotatable bonds is 2. The van der Waals surface area contributed by atoms with Crippen LogP contribution in [0.25, 0.3) is 0 Å². The summed E-state index contributed by atoms with van der Waals surface area (Å²) in [6.45, 7) is 2.28. The zero-order valence-corrected chi connectivity index (χ0v) is 12.5. The number of hydrogen-bond donors (Lipinski definition) is 1. The average molecular weight is 333 g/mol. The zero-order valence-electron chi connectivity index (χ0n) is 10.9. The number of benzene rings is 1. The molecule has 102 valence electrons. The van der Waals surface area contributed by atoms with E-state index >= 15 is 0 Å². The van der Waals surface area contributed by atoms with Crippen molar-refractivity contribution in [1.82, 2.24) is 4.98 Å². The summed E-state index contributed by atoms with van der Waals surface area (Å²) in [5.74, 6) is 1.000. The molecule has 2 heterocycles. The van der Waals surface area contributed by atoms with Gasteiger partial charge in [0.1, 0.15) is 24.1 Å². The SMILES string of the molecule is Cc1cc(Br)cnc1NC(=O)C1COc2ccccc21. The lowest BCUT2D eigenvalue weighted by Crippen LogP contribution is -2.23. The van der Waals surface area contributed by atoms with Gasteiger partial charge in [-0.2, -0.15) is 0 Å². The Kier molecular flexibility index (Phi) is 3.44. The Morgan fingerprint density at radius 3 is 3.05 bits per heavy atom. The molecule has 1 amide bonds. The number of carbonyl (C=O) groups excluding carboxylic acids is 1. The lowest BCUT2D eigenvalue weighted by atomic mass is 10.0. The first-order valence-electron chi connectivity index (χ1n) is 6.30. The van der Waals surface area contributed by atoms with Crippen LogP contribution >= 0.6 is 15.9 Å². The van der Waals surface area contributed by atoms with E-state index in [1.807, 2.05) is 37.3 Å². The largest absolute Gasteiger partial charge is 0.492 e. The summed E-state index contributed by atoms with van der Waals surface area (Å²) in [6.07, 6.45) is 1.67. The van der Waals surface area contributed by atoms with Gasteiger partial charge >= 0.3 is 0 Å². The first kappa shape index (κ1) is 13.1. The lowest BCUT2D eigenvalue weighted by molar-refractivity contribution is -0.117. The fourth-order valence-electron chi connectivity index (χ4n) is 2.25. The number of pyridine rings is 1. The molecule has 1 aromatic heterocycles. The van der Waals surface area contributed by atoms with Gasteiger partial charge < -0.3 is 10.1 Å². The van der Waals surface area contributed by atoms with Crippen molar-refractivity contribution in [2.45, 2.75) is 12.8 Å². The van der Waals surface area contributed by atoms with Crippen molar-refractivity contribution in [3.8, 4) is 5.75 Å². The number of fused-ring (bicyclic) bond motifs is 1. The number of para-hydroxylation sites is 1.